The summed E-state index contributed by atoms with van der Waals surface area (Å²) in [6.07, 6.45) is 6.32. The highest BCUT2D eigenvalue weighted by Gasteiger charge is 2.43. The average Bonchev–Trinajstić information content (AvgIpc) is 3.76. The first kappa shape index (κ1) is 34.5. The third kappa shape index (κ3) is 7.51. The number of pyridine rings is 1. The zero-order valence-electron chi connectivity index (χ0n) is 26.9. The molecule has 4 aromatic rings. The highest BCUT2D eigenvalue weighted by Crippen LogP contribution is 2.31. The van der Waals surface area contributed by atoms with Gasteiger partial charge in [0.2, 0.25) is 17.7 Å². The molecule has 1 saturated heterocycles. The number of aromatic nitrogens is 4. The fourth-order valence-corrected chi connectivity index (χ4v) is 7.05. The van der Waals surface area contributed by atoms with Crippen molar-refractivity contribution in [2.75, 3.05) is 6.54 Å². The Morgan fingerprint density at radius 1 is 1.06 bits per heavy atom. The van der Waals surface area contributed by atoms with Crippen LogP contribution in [0.15, 0.2) is 60.5 Å². The van der Waals surface area contributed by atoms with Gasteiger partial charge in [0, 0.05) is 43.0 Å². The van der Waals surface area contributed by atoms with E-state index in [-0.39, 0.29) is 61.3 Å². The van der Waals surface area contributed by atoms with Crippen molar-refractivity contribution in [3.05, 3.63) is 71.8 Å². The third-order valence-electron chi connectivity index (χ3n) is 8.90. The molecular formula is C34H42ClN7O4S. The van der Waals surface area contributed by atoms with Crippen LogP contribution in [-0.2, 0) is 9.59 Å². The lowest BCUT2D eigenvalue weighted by Gasteiger charge is -2.32. The quantitative estimate of drug-likeness (QED) is 0.218. The van der Waals surface area contributed by atoms with E-state index in [0.717, 1.165) is 45.7 Å². The Morgan fingerprint density at radius 2 is 1.81 bits per heavy atom. The van der Waals surface area contributed by atoms with E-state index in [1.165, 1.54) is 4.90 Å². The molecule has 1 unspecified atom stereocenters. The summed E-state index contributed by atoms with van der Waals surface area (Å²) in [5.41, 5.74) is 12.4. The number of rotatable bonds is 10. The van der Waals surface area contributed by atoms with Gasteiger partial charge in [-0.15, -0.1) is 23.7 Å². The van der Waals surface area contributed by atoms with Crippen LogP contribution < -0.4 is 15.8 Å². The number of hydrogen-bond acceptors (Lipinski definition) is 9. The number of likely N-dealkylation sites (tertiary alicyclic amines) is 1. The number of ether oxygens (including phenoxy) is 1. The smallest absolute Gasteiger partial charge is 0.248 e. The van der Waals surface area contributed by atoms with Crippen LogP contribution in [0.25, 0.3) is 21.6 Å². The molecule has 1 saturated carbocycles. The van der Waals surface area contributed by atoms with E-state index < -0.39 is 18.2 Å². The molecule has 47 heavy (non-hydrogen) atoms. The Labute approximate surface area is 285 Å². The summed E-state index contributed by atoms with van der Waals surface area (Å²) in [5.74, 6) is -0.141. The number of aliphatic hydroxyl groups is 1. The van der Waals surface area contributed by atoms with Crippen LogP contribution in [0, 0.1) is 12.8 Å². The maximum Gasteiger partial charge on any atom is 0.248 e. The second-order valence-electron chi connectivity index (χ2n) is 12.8. The molecule has 1 aliphatic heterocycles. The molecule has 0 bridgehead atoms. The minimum absolute atomic E-state index is 0. The second-order valence-corrected chi connectivity index (χ2v) is 13.6. The molecule has 4 atom stereocenters. The topological polar surface area (TPSA) is 148 Å². The fourth-order valence-electron chi connectivity index (χ4n) is 6.24. The van der Waals surface area contributed by atoms with E-state index >= 15 is 0 Å². The van der Waals surface area contributed by atoms with Gasteiger partial charge in [-0.25, -0.2) is 9.97 Å². The lowest BCUT2D eigenvalue weighted by Crippen LogP contribution is -2.49. The number of benzene rings is 1. The van der Waals surface area contributed by atoms with Gasteiger partial charge in [-0.05, 0) is 55.4 Å². The van der Waals surface area contributed by atoms with E-state index in [9.17, 15) is 14.7 Å². The lowest BCUT2D eigenvalue weighted by atomic mass is 9.90. The van der Waals surface area contributed by atoms with Crippen LogP contribution in [0.3, 0.4) is 0 Å². The molecule has 1 aromatic carbocycles. The van der Waals surface area contributed by atoms with Gasteiger partial charge in [-0.2, -0.15) is 5.10 Å². The highest BCUT2D eigenvalue weighted by atomic mass is 35.5. The molecule has 0 spiro atoms. The number of aryl methyl sites for hydroxylation is 1. The molecule has 2 fully saturated rings. The molecule has 13 heteroatoms. The zero-order chi connectivity index (χ0) is 32.5. The maximum absolute atomic E-state index is 14.1. The number of thiazole rings is 1. The molecule has 4 N–H and O–H groups in total. The van der Waals surface area contributed by atoms with E-state index in [1.54, 1.807) is 28.4 Å². The van der Waals surface area contributed by atoms with Crippen LogP contribution in [-0.4, -0.2) is 72.4 Å². The number of nitrogens with two attached hydrogens (primary N) is 1. The predicted octanol–water partition coefficient (Wildman–Crippen LogP) is 4.70. The Balaban J connectivity index is 0.00000433. The minimum Gasteiger partial charge on any atom is -0.474 e. The Bertz CT molecular complexity index is 1690. The molecule has 0 radical (unpaired) electrons. The standard InChI is InChI=1S/C34H41N7O4S.ClH/c1-19(2)31(41-16-25(15-38-41)24-9-10-36-30(11-24)45-28-12-26(35)13-28)34(44)40-17-27(42)14-29(40)33(43)39-20(3)22-5-7-23(8-6-22)32-21(4)37-18-46-32;/h5-11,15-16,18-20,26-29,31,42H,12-14,17,35H2,1-4H3,(H,39,43);1H/t20?,26-,27-,28-,29+,31-;/m1./s1. The second kappa shape index (κ2) is 14.5. The van der Waals surface area contributed by atoms with Gasteiger partial charge in [0.1, 0.15) is 18.2 Å². The fraction of sp³-hybridized carbons (Fsp3) is 0.441. The van der Waals surface area contributed by atoms with Crippen molar-refractivity contribution >= 4 is 35.6 Å². The highest BCUT2D eigenvalue weighted by molar-refractivity contribution is 7.13. The molecular weight excluding hydrogens is 638 g/mol. The van der Waals surface area contributed by atoms with Crippen molar-refractivity contribution in [1.29, 1.82) is 0 Å². The monoisotopic (exact) mass is 679 g/mol. The zero-order valence-corrected chi connectivity index (χ0v) is 28.6. The van der Waals surface area contributed by atoms with Gasteiger partial charge in [0.15, 0.2) is 0 Å². The van der Waals surface area contributed by atoms with Crippen LogP contribution in [0.5, 0.6) is 5.88 Å². The largest absolute Gasteiger partial charge is 0.474 e. The number of carbonyl (C=O) groups excluding carboxylic acids is 2. The minimum atomic E-state index is -0.793. The first-order valence-electron chi connectivity index (χ1n) is 15.8. The van der Waals surface area contributed by atoms with Gasteiger partial charge in [0.05, 0.1) is 34.4 Å². The van der Waals surface area contributed by atoms with Crippen LogP contribution >= 0.6 is 23.7 Å². The van der Waals surface area contributed by atoms with E-state index in [0.29, 0.717) is 5.88 Å². The van der Waals surface area contributed by atoms with Crippen molar-refractivity contribution in [3.63, 3.8) is 0 Å². The summed E-state index contributed by atoms with van der Waals surface area (Å²) in [6, 6.07) is 10.2. The summed E-state index contributed by atoms with van der Waals surface area (Å²) in [6.45, 7) is 7.89. The number of nitrogens with zero attached hydrogens (tertiary/aromatic N) is 5. The summed E-state index contributed by atoms with van der Waals surface area (Å²) in [5, 5.41) is 18.2. The molecule has 3 aromatic heterocycles. The Kier molecular flexibility index (Phi) is 10.6. The number of β-amino-alcohol motifs (C(OH)–C–C–N with tert-alkyl or cyclic N) is 1. The van der Waals surface area contributed by atoms with Crippen molar-refractivity contribution in [2.45, 2.75) is 83.3 Å². The lowest BCUT2D eigenvalue weighted by molar-refractivity contribution is -0.142. The first-order valence-corrected chi connectivity index (χ1v) is 16.7. The number of hydrogen-bond donors (Lipinski definition) is 3. The Hall–Kier alpha value is -3.84. The van der Waals surface area contributed by atoms with Gasteiger partial charge in [-0.3, -0.25) is 14.3 Å². The molecule has 250 valence electrons. The number of aliphatic hydroxyl groups excluding tert-OH is 1. The molecule has 6 rings (SSSR count). The normalized spacial score (nSPS) is 21.9. The van der Waals surface area contributed by atoms with Crippen molar-refractivity contribution in [2.24, 2.45) is 11.7 Å². The molecule has 2 aliphatic rings. The first-order chi connectivity index (χ1) is 22.1. The third-order valence-corrected chi connectivity index (χ3v) is 9.88. The summed E-state index contributed by atoms with van der Waals surface area (Å²) >= 11 is 1.60. The number of nitrogens with one attached hydrogen (secondary N) is 1. The summed E-state index contributed by atoms with van der Waals surface area (Å²) in [7, 11) is 0. The van der Waals surface area contributed by atoms with Gasteiger partial charge >= 0.3 is 0 Å². The van der Waals surface area contributed by atoms with Crippen LogP contribution in [0.2, 0.25) is 0 Å². The SMILES string of the molecule is Cc1ncsc1-c1ccc(C(C)NC(=O)[C@@H]2C[C@@H](O)CN2C(=O)[C@@H](C(C)C)n2cc(-c3ccnc(O[C@H]4C[C@H](N)C4)c3)cn2)cc1.Cl. The predicted molar refractivity (Wildman–Crippen MR) is 183 cm³/mol. The molecule has 11 nitrogen and oxygen atoms in total. The van der Waals surface area contributed by atoms with Crippen molar-refractivity contribution in [3.8, 4) is 27.4 Å². The van der Waals surface area contributed by atoms with Gasteiger partial charge in [-0.1, -0.05) is 38.1 Å². The maximum atomic E-state index is 14.1. The number of carbonyl (C=O) groups is 2. The van der Waals surface area contributed by atoms with E-state index in [4.69, 9.17) is 10.5 Å². The van der Waals surface area contributed by atoms with Gasteiger partial charge < -0.3 is 25.8 Å². The number of halogens is 1. The van der Waals surface area contributed by atoms with Crippen molar-refractivity contribution in [1.82, 2.24) is 30.0 Å². The summed E-state index contributed by atoms with van der Waals surface area (Å²) < 4.78 is 7.62. The van der Waals surface area contributed by atoms with Crippen LogP contribution in [0.4, 0.5) is 0 Å². The average molecular weight is 680 g/mol. The van der Waals surface area contributed by atoms with Gasteiger partial charge in [0.25, 0.3) is 0 Å². The van der Waals surface area contributed by atoms with Crippen LogP contribution in [0.1, 0.15) is 63.4 Å². The van der Waals surface area contributed by atoms with E-state index in [2.05, 4.69) is 20.4 Å². The number of amides is 2. The van der Waals surface area contributed by atoms with Crippen molar-refractivity contribution < 1.29 is 19.4 Å². The van der Waals surface area contributed by atoms with E-state index in [1.807, 2.05) is 75.8 Å². The summed E-state index contributed by atoms with van der Waals surface area (Å²) in [4.78, 5) is 39.0. The molecule has 1 aliphatic carbocycles. The molecule has 4 heterocycles. The Morgan fingerprint density at radius 3 is 2.47 bits per heavy atom. The molecule has 2 amide bonds.